The maximum atomic E-state index is 14.9. The Morgan fingerprint density at radius 2 is 1.02 bits per heavy atom. The fourth-order valence-electron chi connectivity index (χ4n) is 8.77. The van der Waals surface area contributed by atoms with Crippen molar-refractivity contribution in [2.75, 3.05) is 0 Å². The van der Waals surface area contributed by atoms with E-state index in [1.807, 2.05) is 0 Å². The van der Waals surface area contributed by atoms with Gasteiger partial charge in [0.2, 0.25) is 11.8 Å². The Hall–Kier alpha value is -1.93. The molecule has 4 rings (SSSR count). The molecule has 46 heavy (non-hydrogen) atoms. The van der Waals surface area contributed by atoms with Crippen LogP contribution in [-0.4, -0.2) is 76.7 Å². The summed E-state index contributed by atoms with van der Waals surface area (Å²) in [6, 6.07) is -2.55. The number of carbonyl (C=O) groups excluding carboxylic acids is 3. The van der Waals surface area contributed by atoms with Crippen molar-refractivity contribution in [1.82, 2.24) is 10.6 Å². The van der Waals surface area contributed by atoms with E-state index in [1.54, 1.807) is 6.92 Å². The van der Waals surface area contributed by atoms with Gasteiger partial charge in [-0.1, -0.05) is 0 Å². The summed E-state index contributed by atoms with van der Waals surface area (Å²) in [4.78, 5) is 36.5. The van der Waals surface area contributed by atoms with Crippen LogP contribution < -0.4 is 10.6 Å². The molecule has 4 aliphatic carbocycles. The Bertz CT molecular complexity index is 1060. The predicted octanol–water partition coefficient (Wildman–Crippen LogP) is 5.13. The molecule has 0 heterocycles. The number of hydrogen-bond donors (Lipinski definition) is 4. The molecule has 4 fully saturated rings. The summed E-state index contributed by atoms with van der Waals surface area (Å²) in [7, 11) is 0. The zero-order chi connectivity index (χ0) is 34.0. The number of carbonyl (C=O) groups is 3. The molecule has 0 aromatic heterocycles. The van der Waals surface area contributed by atoms with Crippen molar-refractivity contribution >= 4 is 17.6 Å². The number of aliphatic hydroxyl groups is 2. The van der Waals surface area contributed by atoms with Gasteiger partial charge in [0.05, 0.1) is 36.5 Å². The van der Waals surface area contributed by atoms with E-state index in [1.165, 1.54) is 0 Å². The molecule has 4 aliphatic rings. The zero-order valence-corrected chi connectivity index (χ0v) is 26.5. The second-order valence-electron chi connectivity index (χ2n) is 14.1. The van der Waals surface area contributed by atoms with Crippen molar-refractivity contribution in [3.8, 4) is 0 Å². The number of amides is 2. The molecule has 6 atom stereocenters. The maximum Gasteiger partial charge on any atom is 0.403 e. The van der Waals surface area contributed by atoms with Crippen molar-refractivity contribution in [1.29, 1.82) is 0 Å². The van der Waals surface area contributed by atoms with Gasteiger partial charge in [0.1, 0.15) is 5.78 Å². The fourth-order valence-corrected chi connectivity index (χ4v) is 8.77. The third-order valence-corrected chi connectivity index (χ3v) is 11.2. The van der Waals surface area contributed by atoms with E-state index in [-0.39, 0.29) is 36.8 Å². The van der Waals surface area contributed by atoms with Crippen LogP contribution >= 0.6 is 0 Å². The summed E-state index contributed by atoms with van der Waals surface area (Å²) in [5.41, 5.74) is -4.15. The van der Waals surface area contributed by atoms with Crippen molar-refractivity contribution in [3.63, 3.8) is 0 Å². The van der Waals surface area contributed by atoms with Crippen molar-refractivity contribution < 1.29 is 55.7 Å². The molecule has 14 heteroatoms. The molecule has 0 aromatic carbocycles. The highest BCUT2D eigenvalue weighted by atomic mass is 19.4. The van der Waals surface area contributed by atoms with Crippen LogP contribution in [0, 0.1) is 29.1 Å². The third-order valence-electron chi connectivity index (χ3n) is 11.2. The molecular weight excluding hydrogens is 622 g/mol. The number of Topliss-reactive ketones (excluding diaryl/α,β-unsaturated/α-hetero) is 1. The summed E-state index contributed by atoms with van der Waals surface area (Å²) >= 11 is 0. The summed E-state index contributed by atoms with van der Waals surface area (Å²) in [6.07, 6.45) is -12.1. The summed E-state index contributed by atoms with van der Waals surface area (Å²) in [5.74, 6) is -5.38. The minimum absolute atomic E-state index is 0.0452. The molecule has 264 valence electrons. The Morgan fingerprint density at radius 3 is 1.41 bits per heavy atom. The average Bonchev–Trinajstić information content (AvgIpc) is 2.95. The first-order valence-electron chi connectivity index (χ1n) is 16.7. The van der Waals surface area contributed by atoms with Crippen LogP contribution in [0.4, 0.5) is 26.3 Å². The number of halogens is 6. The summed E-state index contributed by atoms with van der Waals surface area (Å²) in [6.45, 7) is 2.68. The summed E-state index contributed by atoms with van der Waals surface area (Å²) in [5, 5.41) is 25.9. The van der Waals surface area contributed by atoms with Gasteiger partial charge in [-0.25, -0.2) is 0 Å². The predicted molar refractivity (Wildman–Crippen MR) is 154 cm³/mol. The number of aliphatic hydroxyl groups excluding tert-OH is 2. The molecule has 0 saturated heterocycles. The second kappa shape index (κ2) is 14.7. The van der Waals surface area contributed by atoms with Crippen molar-refractivity contribution in [2.24, 2.45) is 29.1 Å². The molecule has 2 amide bonds. The second-order valence-corrected chi connectivity index (χ2v) is 14.1. The quantitative estimate of drug-likeness (QED) is 0.266. The van der Waals surface area contributed by atoms with Gasteiger partial charge in [-0.2, -0.15) is 26.3 Å². The lowest BCUT2D eigenvalue weighted by atomic mass is 9.56. The first-order valence-corrected chi connectivity index (χ1v) is 16.7. The van der Waals surface area contributed by atoms with Crippen LogP contribution in [0.25, 0.3) is 0 Å². The van der Waals surface area contributed by atoms with Gasteiger partial charge in [0, 0.05) is 18.8 Å². The highest BCUT2D eigenvalue weighted by molar-refractivity contribution is 5.79. The molecule has 4 saturated carbocycles. The Morgan fingerprint density at radius 1 is 0.609 bits per heavy atom. The Labute approximate surface area is 265 Å². The monoisotopic (exact) mass is 670 g/mol. The van der Waals surface area contributed by atoms with E-state index in [4.69, 9.17) is 4.74 Å². The lowest BCUT2D eigenvalue weighted by Gasteiger charge is -2.53. The molecule has 0 radical (unpaired) electrons. The number of hydrogen-bond acceptors (Lipinski definition) is 6. The van der Waals surface area contributed by atoms with Crippen LogP contribution in [0.5, 0.6) is 0 Å². The van der Waals surface area contributed by atoms with Gasteiger partial charge in [-0.05, 0) is 109 Å². The van der Waals surface area contributed by atoms with E-state index < -0.39 is 97.3 Å². The maximum absolute atomic E-state index is 14.9. The molecular formula is C32H48F6N2O6. The minimum atomic E-state index is -5.72. The summed E-state index contributed by atoms with van der Waals surface area (Å²) < 4.78 is 95.7. The van der Waals surface area contributed by atoms with Crippen LogP contribution in [0.15, 0.2) is 0 Å². The van der Waals surface area contributed by atoms with Gasteiger partial charge in [0.25, 0.3) is 0 Å². The van der Waals surface area contributed by atoms with Crippen molar-refractivity contribution in [2.45, 2.75) is 153 Å². The van der Waals surface area contributed by atoms with Gasteiger partial charge in [-0.15, -0.1) is 0 Å². The number of ether oxygens (including phenoxy) is 1. The zero-order valence-electron chi connectivity index (χ0n) is 26.5. The smallest absolute Gasteiger partial charge is 0.391 e. The highest BCUT2D eigenvalue weighted by Gasteiger charge is 2.77. The van der Waals surface area contributed by atoms with Crippen molar-refractivity contribution in [3.05, 3.63) is 0 Å². The van der Waals surface area contributed by atoms with E-state index in [0.29, 0.717) is 25.7 Å². The minimum Gasteiger partial charge on any atom is -0.391 e. The van der Waals surface area contributed by atoms with Crippen LogP contribution in [0.1, 0.15) is 104 Å². The molecule has 8 nitrogen and oxygen atoms in total. The van der Waals surface area contributed by atoms with E-state index in [0.717, 1.165) is 32.6 Å². The average molecular weight is 671 g/mol. The molecule has 0 bridgehead atoms. The van der Waals surface area contributed by atoms with Gasteiger partial charge in [-0.3, -0.25) is 14.4 Å². The van der Waals surface area contributed by atoms with Gasteiger partial charge in [0.15, 0.2) is 5.41 Å². The number of alkyl halides is 6. The Kier molecular flexibility index (Phi) is 11.8. The van der Waals surface area contributed by atoms with Gasteiger partial charge >= 0.3 is 12.4 Å². The largest absolute Gasteiger partial charge is 0.403 e. The van der Waals surface area contributed by atoms with E-state index in [2.05, 4.69) is 10.6 Å². The topological polar surface area (TPSA) is 125 Å². The fraction of sp³-hybridized carbons (Fsp3) is 0.906. The first-order chi connectivity index (χ1) is 21.4. The van der Waals surface area contributed by atoms with Crippen LogP contribution in [0.2, 0.25) is 0 Å². The number of rotatable bonds is 8. The normalized spacial score (nSPS) is 36.5. The Balaban J connectivity index is 1.42. The standard InChI is InChI=1S/C32H48F6N2O6/c1-17(41)19-3-9-23(10-4-19)46-24-11-5-20(6-12-24)29(45)40-26-16-22(8-14-28(26)44)30(31(33,34)35,32(36,37)38)21-7-13-27(43)25(15-21)39-18(2)42/h19-28,43-44H,3-16H2,1-2H3,(H,39,42)(H,40,45). The number of ketones is 1. The van der Waals surface area contributed by atoms with Gasteiger partial charge < -0.3 is 25.6 Å². The third kappa shape index (κ3) is 8.02. The highest BCUT2D eigenvalue weighted by Crippen LogP contribution is 2.64. The van der Waals surface area contributed by atoms with Crippen LogP contribution in [-0.2, 0) is 19.1 Å². The first kappa shape index (κ1) is 36.9. The molecule has 6 unspecified atom stereocenters. The lowest BCUT2D eigenvalue weighted by Crippen LogP contribution is -2.64. The SMILES string of the molecule is CC(=O)NC1CC(C(C2CCC(O)C(NC(=O)C3CCC(OC4CCC(C(C)=O)CC4)CC3)C2)(C(F)(F)F)C(F)(F)F)CCC1O. The van der Waals surface area contributed by atoms with E-state index >= 15 is 0 Å². The molecule has 0 spiro atoms. The molecule has 4 N–H and O–H groups in total. The molecule has 0 aromatic rings. The van der Waals surface area contributed by atoms with Crippen LogP contribution in [0.3, 0.4) is 0 Å². The lowest BCUT2D eigenvalue weighted by molar-refractivity contribution is -0.383. The molecule has 0 aliphatic heterocycles. The van der Waals surface area contributed by atoms with E-state index in [9.17, 15) is 50.9 Å². The number of nitrogens with one attached hydrogen (secondary N) is 2.